The highest BCUT2D eigenvalue weighted by Gasteiger charge is 2.34. The number of carbonyl (C=O) groups excluding carboxylic acids is 1. The highest BCUT2D eigenvalue weighted by atomic mass is 19.4. The molecule has 0 aliphatic heterocycles. The maximum absolute atomic E-state index is 13.0. The Hall–Kier alpha value is -1.79. The van der Waals surface area contributed by atoms with Crippen LogP contribution < -0.4 is 0 Å². The lowest BCUT2D eigenvalue weighted by Crippen LogP contribution is -2.44. The van der Waals surface area contributed by atoms with Gasteiger partial charge in [-0.05, 0) is 38.2 Å². The first-order valence-corrected chi connectivity index (χ1v) is 9.01. The van der Waals surface area contributed by atoms with E-state index in [2.05, 4.69) is 17.3 Å². The molecule has 1 aromatic rings. The molecule has 3 rings (SSSR count). The molecule has 2 aliphatic carbocycles. The minimum Gasteiger partial charge on any atom is -0.338 e. The number of nitrogens with zero attached hydrogens (tertiary/aromatic N) is 3. The Morgan fingerprint density at radius 3 is 2.60 bits per heavy atom. The van der Waals surface area contributed by atoms with Crippen LogP contribution in [-0.2, 0) is 17.5 Å². The van der Waals surface area contributed by atoms with Crippen LogP contribution in [0.3, 0.4) is 0 Å². The van der Waals surface area contributed by atoms with Crippen molar-refractivity contribution in [3.63, 3.8) is 0 Å². The quantitative estimate of drug-likeness (QED) is 0.748. The first-order chi connectivity index (χ1) is 11.9. The number of carbonyl (C=O) groups is 1. The minimum atomic E-state index is -4.43. The average molecular weight is 355 g/mol. The van der Waals surface area contributed by atoms with E-state index >= 15 is 0 Å². The molecule has 2 aliphatic rings. The molecule has 25 heavy (non-hydrogen) atoms. The first kappa shape index (κ1) is 18.0. The van der Waals surface area contributed by atoms with Gasteiger partial charge in [-0.1, -0.05) is 25.0 Å². The van der Waals surface area contributed by atoms with E-state index in [9.17, 15) is 18.0 Å². The number of aromatic nitrogens is 2. The predicted molar refractivity (Wildman–Crippen MR) is 87.7 cm³/mol. The molecule has 1 aromatic heterocycles. The Morgan fingerprint density at radius 2 is 2.00 bits per heavy atom. The fourth-order valence-corrected chi connectivity index (χ4v) is 3.79. The highest BCUT2D eigenvalue weighted by Crippen LogP contribution is 2.29. The molecule has 4 nitrogen and oxygen atoms in total. The molecular formula is C18H24F3N3O. The van der Waals surface area contributed by atoms with E-state index in [0.29, 0.717) is 13.1 Å². The molecule has 0 spiro atoms. The van der Waals surface area contributed by atoms with Gasteiger partial charge in [0, 0.05) is 24.7 Å². The van der Waals surface area contributed by atoms with E-state index < -0.39 is 11.9 Å². The van der Waals surface area contributed by atoms with Crippen molar-refractivity contribution in [3.05, 3.63) is 30.1 Å². The Balaban J connectivity index is 1.66. The van der Waals surface area contributed by atoms with Gasteiger partial charge >= 0.3 is 6.18 Å². The smallest absolute Gasteiger partial charge is 0.338 e. The van der Waals surface area contributed by atoms with Crippen LogP contribution in [-0.4, -0.2) is 33.2 Å². The fraction of sp³-hybridized carbons (Fsp3) is 0.667. The number of alkyl halides is 3. The second kappa shape index (κ2) is 7.62. The van der Waals surface area contributed by atoms with Gasteiger partial charge in [-0.2, -0.15) is 18.3 Å². The largest absolute Gasteiger partial charge is 0.435 e. The molecular weight excluding hydrogens is 331 g/mol. The third-order valence-corrected chi connectivity index (χ3v) is 5.17. The Bertz CT molecular complexity index is 617. The minimum absolute atomic E-state index is 0.00829. The lowest BCUT2D eigenvalue weighted by atomic mass is 9.92. The molecule has 138 valence electrons. The van der Waals surface area contributed by atoms with Crippen molar-refractivity contribution in [1.82, 2.24) is 14.7 Å². The second-order valence-electron chi connectivity index (χ2n) is 6.91. The Labute approximate surface area is 145 Å². The standard InChI is InChI=1S/C18H24F3N3O/c19-18(20,21)16-10-11-23(22-16)12-13-24(15-8-4-5-9-15)17(25)14-6-2-1-3-7-14/h1-2,10-11,14-15H,3-9,12-13H2/t14-/m1/s1. The molecule has 0 radical (unpaired) electrons. The first-order valence-electron chi connectivity index (χ1n) is 9.01. The van der Waals surface area contributed by atoms with Crippen molar-refractivity contribution in [1.29, 1.82) is 0 Å². The van der Waals surface area contributed by atoms with Gasteiger partial charge in [0.1, 0.15) is 0 Å². The third-order valence-electron chi connectivity index (χ3n) is 5.17. The maximum Gasteiger partial charge on any atom is 0.435 e. The van der Waals surface area contributed by atoms with Crippen LogP contribution in [0.25, 0.3) is 0 Å². The van der Waals surface area contributed by atoms with E-state index in [1.807, 2.05) is 4.90 Å². The predicted octanol–water partition coefficient (Wildman–Crippen LogP) is 4.03. The molecule has 0 bridgehead atoms. The molecule has 7 heteroatoms. The number of hydrogen-bond donors (Lipinski definition) is 0. The normalized spacial score (nSPS) is 21.6. The molecule has 0 saturated heterocycles. The molecule has 1 heterocycles. The number of rotatable bonds is 5. The lowest BCUT2D eigenvalue weighted by Gasteiger charge is -2.33. The van der Waals surface area contributed by atoms with Crippen molar-refractivity contribution >= 4 is 5.91 Å². The third kappa shape index (κ3) is 4.44. The van der Waals surface area contributed by atoms with Crippen LogP contribution in [0.1, 0.15) is 50.6 Å². The number of hydrogen-bond acceptors (Lipinski definition) is 2. The van der Waals surface area contributed by atoms with Crippen LogP contribution in [0, 0.1) is 5.92 Å². The maximum atomic E-state index is 13.0. The van der Waals surface area contributed by atoms with E-state index in [1.54, 1.807) is 0 Å². The Kier molecular flexibility index (Phi) is 5.49. The van der Waals surface area contributed by atoms with Gasteiger partial charge in [-0.3, -0.25) is 9.48 Å². The number of halogens is 3. The summed E-state index contributed by atoms with van der Waals surface area (Å²) in [6.45, 7) is 0.712. The van der Waals surface area contributed by atoms with Gasteiger partial charge in [0.25, 0.3) is 0 Å². The summed E-state index contributed by atoms with van der Waals surface area (Å²) in [5.74, 6) is 0.161. The van der Waals surface area contributed by atoms with Crippen LogP contribution in [0.2, 0.25) is 0 Å². The van der Waals surface area contributed by atoms with Crippen molar-refractivity contribution in [3.8, 4) is 0 Å². The van der Waals surface area contributed by atoms with Crippen molar-refractivity contribution < 1.29 is 18.0 Å². The Morgan fingerprint density at radius 1 is 1.24 bits per heavy atom. The average Bonchev–Trinajstić information content (AvgIpc) is 3.27. The second-order valence-corrected chi connectivity index (χ2v) is 6.91. The van der Waals surface area contributed by atoms with Gasteiger partial charge in [0.15, 0.2) is 5.69 Å². The fourth-order valence-electron chi connectivity index (χ4n) is 3.79. The summed E-state index contributed by atoms with van der Waals surface area (Å²) in [7, 11) is 0. The number of allylic oxidation sites excluding steroid dienone is 2. The van der Waals surface area contributed by atoms with Gasteiger partial charge < -0.3 is 4.90 Å². The summed E-state index contributed by atoms with van der Waals surface area (Å²) < 4.78 is 39.3. The molecule has 1 saturated carbocycles. The summed E-state index contributed by atoms with van der Waals surface area (Å²) in [4.78, 5) is 14.9. The molecule has 0 N–H and O–H groups in total. The van der Waals surface area contributed by atoms with Crippen molar-refractivity contribution in [2.45, 2.75) is 63.7 Å². The monoisotopic (exact) mass is 355 g/mol. The van der Waals surface area contributed by atoms with E-state index in [4.69, 9.17) is 0 Å². The van der Waals surface area contributed by atoms with Crippen LogP contribution >= 0.6 is 0 Å². The topological polar surface area (TPSA) is 38.1 Å². The summed E-state index contributed by atoms with van der Waals surface area (Å²) in [6, 6.07) is 1.20. The molecule has 1 atom stereocenters. The summed E-state index contributed by atoms with van der Waals surface area (Å²) >= 11 is 0. The molecule has 1 fully saturated rings. The molecule has 1 amide bonds. The van der Waals surface area contributed by atoms with Crippen LogP contribution in [0.5, 0.6) is 0 Å². The molecule has 0 unspecified atom stereocenters. The van der Waals surface area contributed by atoms with E-state index in [0.717, 1.165) is 51.0 Å². The van der Waals surface area contributed by atoms with Gasteiger partial charge in [0.05, 0.1) is 6.54 Å². The van der Waals surface area contributed by atoms with E-state index in [1.165, 1.54) is 10.9 Å². The summed E-state index contributed by atoms with van der Waals surface area (Å²) in [5, 5.41) is 3.59. The van der Waals surface area contributed by atoms with Crippen molar-refractivity contribution in [2.75, 3.05) is 6.54 Å². The van der Waals surface area contributed by atoms with Gasteiger partial charge in [0.2, 0.25) is 5.91 Å². The van der Waals surface area contributed by atoms with Crippen molar-refractivity contribution in [2.24, 2.45) is 5.92 Å². The summed E-state index contributed by atoms with van der Waals surface area (Å²) in [6.07, 6.45) is 7.81. The summed E-state index contributed by atoms with van der Waals surface area (Å²) in [5.41, 5.74) is -0.885. The zero-order valence-corrected chi connectivity index (χ0v) is 14.2. The van der Waals surface area contributed by atoms with Crippen LogP contribution in [0.15, 0.2) is 24.4 Å². The zero-order chi connectivity index (χ0) is 17.9. The SMILES string of the molecule is O=C([C@@H]1CC=CCC1)N(CCn1ccc(C(F)(F)F)n1)C1CCCC1. The van der Waals surface area contributed by atoms with Gasteiger partial charge in [-0.25, -0.2) is 0 Å². The van der Waals surface area contributed by atoms with Gasteiger partial charge in [-0.15, -0.1) is 0 Å². The van der Waals surface area contributed by atoms with E-state index in [-0.39, 0.29) is 17.9 Å². The van der Waals surface area contributed by atoms with Crippen LogP contribution in [0.4, 0.5) is 13.2 Å². The number of amides is 1. The zero-order valence-electron chi connectivity index (χ0n) is 14.2. The highest BCUT2D eigenvalue weighted by molar-refractivity contribution is 5.79. The lowest BCUT2D eigenvalue weighted by molar-refractivity contribution is -0.142. The molecule has 0 aromatic carbocycles.